The number of amides is 1. The second-order valence-electron chi connectivity index (χ2n) is 8.11. The summed E-state index contributed by atoms with van der Waals surface area (Å²) in [6.07, 6.45) is 2.77. The Morgan fingerprint density at radius 1 is 0.711 bits per heavy atom. The third-order valence-corrected chi connectivity index (χ3v) is 5.73. The van der Waals surface area contributed by atoms with E-state index in [2.05, 4.69) is 55.5 Å². The van der Waals surface area contributed by atoms with Gasteiger partial charge in [0.05, 0.1) is 12.8 Å². The quantitative estimate of drug-likeness (QED) is 0.218. The van der Waals surface area contributed by atoms with Gasteiger partial charge in [-0.1, -0.05) is 42.5 Å². The molecule has 1 amide bonds. The molecule has 0 radical (unpaired) electrons. The molecule has 0 spiro atoms. The van der Waals surface area contributed by atoms with Crippen LogP contribution >= 0.6 is 15.9 Å². The van der Waals surface area contributed by atoms with Gasteiger partial charge < -0.3 is 15.5 Å². The van der Waals surface area contributed by atoms with Gasteiger partial charge in [-0.15, -0.1) is 0 Å². The molecule has 2 aromatic carbocycles. The summed E-state index contributed by atoms with van der Waals surface area (Å²) in [6.45, 7) is 0. The number of carboxylic acids is 2. The monoisotopic (exact) mass is 577 g/mol. The first-order valence-corrected chi connectivity index (χ1v) is 12.3. The predicted molar refractivity (Wildman–Crippen MR) is 146 cm³/mol. The van der Waals surface area contributed by atoms with Gasteiger partial charge >= 0.3 is 11.9 Å². The largest absolute Gasteiger partial charge is 0.481 e. The summed E-state index contributed by atoms with van der Waals surface area (Å²) >= 11 is 3.21. The minimum atomic E-state index is -0.992. The minimum absolute atomic E-state index is 0.0301. The first kappa shape index (κ1) is 28.1. The number of carbonyl (C=O) groups is 4. The van der Waals surface area contributed by atoms with Crippen molar-refractivity contribution in [3.05, 3.63) is 89.3 Å². The molecular weight excluding hydrogens is 554 g/mol. The van der Waals surface area contributed by atoms with E-state index in [4.69, 9.17) is 10.2 Å². The number of fused-ring (bicyclic) bond motifs is 1. The molecule has 0 bridgehead atoms. The molecule has 0 aliphatic rings. The molecule has 10 heteroatoms. The molecule has 194 valence electrons. The van der Waals surface area contributed by atoms with Crippen molar-refractivity contribution in [2.75, 3.05) is 5.32 Å². The molecule has 0 saturated heterocycles. The summed E-state index contributed by atoms with van der Waals surface area (Å²) in [6, 6.07) is 21.1. The van der Waals surface area contributed by atoms with E-state index in [9.17, 15) is 19.2 Å². The maximum absolute atomic E-state index is 11.8. The van der Waals surface area contributed by atoms with Crippen molar-refractivity contribution in [1.29, 1.82) is 0 Å². The van der Waals surface area contributed by atoms with Gasteiger partial charge in [0.25, 0.3) is 0 Å². The third kappa shape index (κ3) is 8.90. The van der Waals surface area contributed by atoms with Gasteiger partial charge in [-0.05, 0) is 56.5 Å². The molecule has 0 aliphatic carbocycles. The number of benzene rings is 2. The van der Waals surface area contributed by atoms with Crippen LogP contribution in [0.2, 0.25) is 0 Å². The fraction of sp³-hybridized carbons (Fsp3) is 0.143. The molecule has 0 aliphatic heterocycles. The van der Waals surface area contributed by atoms with Gasteiger partial charge in [-0.3, -0.25) is 24.2 Å². The molecule has 0 saturated carbocycles. The van der Waals surface area contributed by atoms with Gasteiger partial charge in [0.2, 0.25) is 5.91 Å². The molecule has 3 N–H and O–H groups in total. The standard InChI is InChI=1S/C19H15NO3.C9H9BrN2O3/c21-18(9-10-19(22)23)17-8-7-16(12-20-17)15-6-5-13-3-1-2-4-14(13)11-15;10-6-1-2-7(11-5-6)12-8(13)3-4-9(14)15/h1-8,11-12H,9-10H2,(H,22,23);1-2,5H,3-4H2,(H,14,15)(H,11,12,13). The number of pyridine rings is 2. The Kier molecular flexibility index (Phi) is 10.2. The van der Waals surface area contributed by atoms with Crippen LogP contribution in [0.25, 0.3) is 21.9 Å². The molecular formula is C28H24BrN3O6. The number of carboxylic acid groups (broad SMARTS) is 2. The van der Waals surface area contributed by atoms with Crippen molar-refractivity contribution in [2.45, 2.75) is 25.7 Å². The van der Waals surface area contributed by atoms with Gasteiger partial charge in [-0.25, -0.2) is 4.98 Å². The summed E-state index contributed by atoms with van der Waals surface area (Å²) in [5.74, 6) is -2.17. The normalized spacial score (nSPS) is 10.2. The van der Waals surface area contributed by atoms with Crippen LogP contribution in [-0.2, 0) is 14.4 Å². The van der Waals surface area contributed by atoms with Gasteiger partial charge in [0.15, 0.2) is 5.78 Å². The van der Waals surface area contributed by atoms with E-state index in [0.717, 1.165) is 21.0 Å². The molecule has 4 aromatic rings. The number of rotatable bonds is 9. The first-order chi connectivity index (χ1) is 18.2. The zero-order chi connectivity index (χ0) is 27.5. The van der Waals surface area contributed by atoms with Crippen LogP contribution in [-0.4, -0.2) is 43.8 Å². The number of carbonyl (C=O) groups excluding carboxylic acids is 2. The van der Waals surface area contributed by atoms with E-state index < -0.39 is 11.9 Å². The fourth-order valence-electron chi connectivity index (χ4n) is 3.32. The fourth-order valence-corrected chi connectivity index (χ4v) is 3.56. The smallest absolute Gasteiger partial charge is 0.303 e. The van der Waals surface area contributed by atoms with Crippen molar-refractivity contribution in [2.24, 2.45) is 0 Å². The molecule has 0 unspecified atom stereocenters. The maximum Gasteiger partial charge on any atom is 0.303 e. The second-order valence-corrected chi connectivity index (χ2v) is 9.03. The molecule has 0 fully saturated rings. The molecule has 2 aromatic heterocycles. The number of halogens is 1. The number of nitrogens with zero attached hydrogens (tertiary/aromatic N) is 2. The predicted octanol–water partition coefficient (Wildman–Crippen LogP) is 5.60. The van der Waals surface area contributed by atoms with Crippen molar-refractivity contribution >= 4 is 56.1 Å². The topological polar surface area (TPSA) is 147 Å². The highest BCUT2D eigenvalue weighted by molar-refractivity contribution is 9.10. The van der Waals surface area contributed by atoms with E-state index in [1.807, 2.05) is 24.3 Å². The first-order valence-electron chi connectivity index (χ1n) is 11.5. The van der Waals surface area contributed by atoms with Crippen molar-refractivity contribution in [3.8, 4) is 11.1 Å². The van der Waals surface area contributed by atoms with Gasteiger partial charge in [-0.2, -0.15) is 0 Å². The maximum atomic E-state index is 11.8. The number of aliphatic carboxylic acids is 2. The highest BCUT2D eigenvalue weighted by Crippen LogP contribution is 2.24. The Balaban J connectivity index is 0.000000232. The van der Waals surface area contributed by atoms with Crippen molar-refractivity contribution in [3.63, 3.8) is 0 Å². The number of hydrogen-bond acceptors (Lipinski definition) is 6. The lowest BCUT2D eigenvalue weighted by Gasteiger charge is -2.05. The van der Waals surface area contributed by atoms with Crippen LogP contribution in [0.3, 0.4) is 0 Å². The Bertz CT molecular complexity index is 1440. The van der Waals surface area contributed by atoms with Gasteiger partial charge in [0, 0.05) is 35.3 Å². The van der Waals surface area contributed by atoms with Crippen LogP contribution < -0.4 is 5.32 Å². The summed E-state index contributed by atoms with van der Waals surface area (Å²) in [5.41, 5.74) is 2.25. The van der Waals surface area contributed by atoms with E-state index in [0.29, 0.717) is 11.5 Å². The number of hydrogen-bond donors (Lipinski definition) is 3. The second kappa shape index (κ2) is 13.8. The van der Waals surface area contributed by atoms with Crippen LogP contribution in [0.4, 0.5) is 5.82 Å². The summed E-state index contributed by atoms with van der Waals surface area (Å²) in [7, 11) is 0. The van der Waals surface area contributed by atoms with E-state index >= 15 is 0 Å². The number of ketones is 1. The lowest BCUT2D eigenvalue weighted by molar-refractivity contribution is -0.138. The Morgan fingerprint density at radius 3 is 2.03 bits per heavy atom. The lowest BCUT2D eigenvalue weighted by atomic mass is 10.0. The Labute approximate surface area is 226 Å². The zero-order valence-electron chi connectivity index (χ0n) is 20.1. The third-order valence-electron chi connectivity index (χ3n) is 5.26. The zero-order valence-corrected chi connectivity index (χ0v) is 21.7. The Morgan fingerprint density at radius 2 is 1.39 bits per heavy atom. The number of nitrogens with one attached hydrogen (secondary N) is 1. The highest BCUT2D eigenvalue weighted by Gasteiger charge is 2.10. The average molecular weight is 578 g/mol. The summed E-state index contributed by atoms with van der Waals surface area (Å²) in [5, 5.41) is 21.8. The summed E-state index contributed by atoms with van der Waals surface area (Å²) in [4.78, 5) is 51.8. The number of Topliss-reactive ketones (excluding diaryl/α,β-unsaturated/α-hetero) is 1. The van der Waals surface area contributed by atoms with Gasteiger partial charge in [0.1, 0.15) is 11.5 Å². The van der Waals surface area contributed by atoms with Crippen molar-refractivity contribution < 1.29 is 29.4 Å². The van der Waals surface area contributed by atoms with E-state index in [1.165, 1.54) is 5.39 Å². The Hall–Kier alpha value is -4.44. The van der Waals surface area contributed by atoms with Crippen LogP contribution in [0, 0.1) is 0 Å². The number of aromatic nitrogens is 2. The summed E-state index contributed by atoms with van der Waals surface area (Å²) < 4.78 is 0.811. The molecule has 0 atom stereocenters. The van der Waals surface area contributed by atoms with Crippen LogP contribution in [0.1, 0.15) is 36.2 Å². The lowest BCUT2D eigenvalue weighted by Crippen LogP contribution is -2.13. The highest BCUT2D eigenvalue weighted by atomic mass is 79.9. The molecule has 9 nitrogen and oxygen atoms in total. The average Bonchev–Trinajstić information content (AvgIpc) is 2.92. The van der Waals surface area contributed by atoms with Crippen molar-refractivity contribution in [1.82, 2.24) is 9.97 Å². The minimum Gasteiger partial charge on any atom is -0.481 e. The SMILES string of the molecule is O=C(O)CCC(=O)Nc1ccc(Br)cn1.O=C(O)CCC(=O)c1ccc(-c2ccc3ccccc3c2)cn1. The van der Waals surface area contributed by atoms with Crippen LogP contribution in [0.5, 0.6) is 0 Å². The number of anilines is 1. The van der Waals surface area contributed by atoms with Crippen LogP contribution in [0.15, 0.2) is 83.6 Å². The molecule has 38 heavy (non-hydrogen) atoms. The molecule has 4 rings (SSSR count). The molecule has 2 heterocycles. The van der Waals surface area contributed by atoms with E-state index in [1.54, 1.807) is 30.6 Å². The van der Waals surface area contributed by atoms with E-state index in [-0.39, 0.29) is 37.4 Å².